The molecule has 0 aliphatic rings. The van der Waals surface area contributed by atoms with Gasteiger partial charge in [0.15, 0.2) is 0 Å². The molecule has 3 rings (SSSR count). The SMILES string of the molecule is CCOc1cccc2c1nc(N)n2CCn1cc(C)cn1. The number of ether oxygens (including phenoxy) is 1. The first kappa shape index (κ1) is 13.5. The van der Waals surface area contributed by atoms with Crippen LogP contribution < -0.4 is 10.5 Å². The minimum absolute atomic E-state index is 0.501. The molecule has 0 saturated carbocycles. The normalized spacial score (nSPS) is 11.1. The van der Waals surface area contributed by atoms with E-state index in [1.165, 1.54) is 0 Å². The Kier molecular flexibility index (Phi) is 3.51. The molecule has 0 amide bonds. The molecule has 0 unspecified atom stereocenters. The first-order chi connectivity index (χ1) is 10.2. The number of hydrogen-bond acceptors (Lipinski definition) is 4. The average Bonchev–Trinajstić information content (AvgIpc) is 3.01. The number of benzene rings is 1. The number of fused-ring (bicyclic) bond motifs is 1. The largest absolute Gasteiger partial charge is 0.492 e. The van der Waals surface area contributed by atoms with Crippen LogP contribution in [0.15, 0.2) is 30.6 Å². The molecule has 0 spiro atoms. The highest BCUT2D eigenvalue weighted by Crippen LogP contribution is 2.27. The van der Waals surface area contributed by atoms with Gasteiger partial charge in [-0.2, -0.15) is 5.10 Å². The third kappa shape index (κ3) is 2.56. The highest BCUT2D eigenvalue weighted by atomic mass is 16.5. The molecule has 0 fully saturated rings. The van der Waals surface area contributed by atoms with Crippen molar-refractivity contribution in [3.8, 4) is 5.75 Å². The first-order valence-corrected chi connectivity index (χ1v) is 7.05. The summed E-state index contributed by atoms with van der Waals surface area (Å²) in [6.07, 6.45) is 3.86. The van der Waals surface area contributed by atoms with Gasteiger partial charge in [-0.05, 0) is 31.5 Å². The Morgan fingerprint density at radius 3 is 2.86 bits per heavy atom. The van der Waals surface area contributed by atoms with Gasteiger partial charge in [-0.3, -0.25) is 4.68 Å². The number of para-hydroxylation sites is 1. The van der Waals surface area contributed by atoms with E-state index in [0.717, 1.165) is 35.4 Å². The van der Waals surface area contributed by atoms with E-state index in [9.17, 15) is 0 Å². The number of nitrogen functional groups attached to an aromatic ring is 1. The van der Waals surface area contributed by atoms with Gasteiger partial charge in [-0.25, -0.2) is 4.98 Å². The van der Waals surface area contributed by atoms with Gasteiger partial charge in [0.05, 0.1) is 24.9 Å². The molecule has 0 aliphatic heterocycles. The second kappa shape index (κ2) is 5.47. The van der Waals surface area contributed by atoms with E-state index in [2.05, 4.69) is 10.1 Å². The van der Waals surface area contributed by atoms with Crippen molar-refractivity contribution in [2.45, 2.75) is 26.9 Å². The van der Waals surface area contributed by atoms with E-state index in [4.69, 9.17) is 10.5 Å². The predicted octanol–water partition coefficient (Wildman–Crippen LogP) is 2.22. The molecular formula is C15H19N5O. The lowest BCUT2D eigenvalue weighted by Crippen LogP contribution is -2.10. The summed E-state index contributed by atoms with van der Waals surface area (Å²) < 4.78 is 9.51. The summed E-state index contributed by atoms with van der Waals surface area (Å²) >= 11 is 0. The summed E-state index contributed by atoms with van der Waals surface area (Å²) in [6.45, 7) is 6.07. The Bertz CT molecular complexity index is 759. The molecule has 2 N–H and O–H groups in total. The fourth-order valence-electron chi connectivity index (χ4n) is 2.44. The Balaban J connectivity index is 1.91. The van der Waals surface area contributed by atoms with Crippen LogP contribution in [0.1, 0.15) is 12.5 Å². The topological polar surface area (TPSA) is 70.9 Å². The number of nitrogens with two attached hydrogens (primary N) is 1. The van der Waals surface area contributed by atoms with Gasteiger partial charge in [-0.15, -0.1) is 0 Å². The second-order valence-corrected chi connectivity index (χ2v) is 4.96. The van der Waals surface area contributed by atoms with Crippen molar-refractivity contribution in [2.24, 2.45) is 0 Å². The van der Waals surface area contributed by atoms with Crippen LogP contribution in [0.4, 0.5) is 5.95 Å². The predicted molar refractivity (Wildman–Crippen MR) is 82.3 cm³/mol. The summed E-state index contributed by atoms with van der Waals surface area (Å²) in [4.78, 5) is 4.44. The average molecular weight is 285 g/mol. The minimum Gasteiger partial charge on any atom is -0.492 e. The van der Waals surface area contributed by atoms with Crippen LogP contribution in [0.3, 0.4) is 0 Å². The molecule has 2 heterocycles. The van der Waals surface area contributed by atoms with Crippen LogP contribution in [0.2, 0.25) is 0 Å². The van der Waals surface area contributed by atoms with Crippen molar-refractivity contribution in [2.75, 3.05) is 12.3 Å². The zero-order valence-electron chi connectivity index (χ0n) is 12.3. The maximum Gasteiger partial charge on any atom is 0.201 e. The van der Waals surface area contributed by atoms with Crippen molar-refractivity contribution in [3.63, 3.8) is 0 Å². The van der Waals surface area contributed by atoms with E-state index in [0.29, 0.717) is 12.6 Å². The summed E-state index contributed by atoms with van der Waals surface area (Å²) in [5.41, 5.74) is 9.01. The molecule has 0 bridgehead atoms. The fraction of sp³-hybridized carbons (Fsp3) is 0.333. The summed E-state index contributed by atoms with van der Waals surface area (Å²) in [6, 6.07) is 5.89. The highest BCUT2D eigenvalue weighted by molar-refractivity contribution is 5.84. The van der Waals surface area contributed by atoms with E-state index in [1.807, 2.05) is 53.7 Å². The van der Waals surface area contributed by atoms with Gasteiger partial charge in [0, 0.05) is 12.7 Å². The quantitative estimate of drug-likeness (QED) is 0.780. The number of nitrogens with zero attached hydrogens (tertiary/aromatic N) is 4. The number of anilines is 1. The molecule has 0 saturated heterocycles. The monoisotopic (exact) mass is 285 g/mol. The summed E-state index contributed by atoms with van der Waals surface area (Å²) in [7, 11) is 0. The molecule has 21 heavy (non-hydrogen) atoms. The second-order valence-electron chi connectivity index (χ2n) is 4.96. The Hall–Kier alpha value is -2.50. The number of imidazole rings is 1. The number of hydrogen-bond donors (Lipinski definition) is 1. The van der Waals surface area contributed by atoms with Gasteiger partial charge >= 0.3 is 0 Å². The maximum absolute atomic E-state index is 6.05. The third-order valence-corrected chi connectivity index (χ3v) is 3.39. The molecule has 110 valence electrons. The fourth-order valence-corrected chi connectivity index (χ4v) is 2.44. The van der Waals surface area contributed by atoms with Crippen molar-refractivity contribution >= 4 is 17.0 Å². The molecular weight excluding hydrogens is 266 g/mol. The molecule has 3 aromatic rings. The molecule has 6 nitrogen and oxygen atoms in total. The van der Waals surface area contributed by atoms with Crippen molar-refractivity contribution in [1.82, 2.24) is 19.3 Å². The Labute approximate surface area is 123 Å². The van der Waals surface area contributed by atoms with Crippen molar-refractivity contribution in [1.29, 1.82) is 0 Å². The molecule has 2 aromatic heterocycles. The van der Waals surface area contributed by atoms with Gasteiger partial charge in [-0.1, -0.05) is 6.07 Å². The van der Waals surface area contributed by atoms with Crippen LogP contribution in [-0.4, -0.2) is 25.9 Å². The minimum atomic E-state index is 0.501. The van der Waals surface area contributed by atoms with Crippen LogP contribution in [0.5, 0.6) is 5.75 Å². The maximum atomic E-state index is 6.05. The van der Waals surface area contributed by atoms with Gasteiger partial charge in [0.25, 0.3) is 0 Å². The van der Waals surface area contributed by atoms with Gasteiger partial charge < -0.3 is 15.0 Å². The number of aromatic nitrogens is 4. The van der Waals surface area contributed by atoms with Crippen LogP contribution in [0.25, 0.3) is 11.0 Å². The van der Waals surface area contributed by atoms with Crippen molar-refractivity contribution < 1.29 is 4.74 Å². The van der Waals surface area contributed by atoms with Crippen LogP contribution in [-0.2, 0) is 13.1 Å². The Morgan fingerprint density at radius 1 is 1.29 bits per heavy atom. The van der Waals surface area contributed by atoms with Crippen LogP contribution >= 0.6 is 0 Å². The highest BCUT2D eigenvalue weighted by Gasteiger charge is 2.12. The van der Waals surface area contributed by atoms with Crippen molar-refractivity contribution in [3.05, 3.63) is 36.2 Å². The summed E-state index contributed by atoms with van der Waals surface area (Å²) in [5.74, 6) is 1.27. The zero-order chi connectivity index (χ0) is 14.8. The summed E-state index contributed by atoms with van der Waals surface area (Å²) in [5, 5.41) is 4.29. The van der Waals surface area contributed by atoms with E-state index >= 15 is 0 Å². The molecule has 6 heteroatoms. The third-order valence-electron chi connectivity index (χ3n) is 3.39. The van der Waals surface area contributed by atoms with Gasteiger partial charge in [0.2, 0.25) is 5.95 Å². The lowest BCUT2D eigenvalue weighted by atomic mass is 10.3. The molecule has 0 radical (unpaired) electrons. The van der Waals surface area contributed by atoms with Gasteiger partial charge in [0.1, 0.15) is 11.3 Å². The first-order valence-electron chi connectivity index (χ1n) is 7.05. The standard InChI is InChI=1S/C15H19N5O/c1-3-21-13-6-4-5-12-14(13)18-15(16)20(12)8-7-19-10-11(2)9-17-19/h4-6,9-10H,3,7-8H2,1-2H3,(H2,16,18). The van der Waals surface area contributed by atoms with Crippen LogP contribution in [0, 0.1) is 6.92 Å². The number of aryl methyl sites for hydroxylation is 3. The molecule has 1 aromatic carbocycles. The smallest absolute Gasteiger partial charge is 0.201 e. The lowest BCUT2D eigenvalue weighted by Gasteiger charge is -2.07. The lowest BCUT2D eigenvalue weighted by molar-refractivity contribution is 0.343. The molecule has 0 atom stereocenters. The van der Waals surface area contributed by atoms with E-state index < -0.39 is 0 Å². The van der Waals surface area contributed by atoms with E-state index in [-0.39, 0.29) is 0 Å². The number of rotatable bonds is 5. The molecule has 0 aliphatic carbocycles. The zero-order valence-corrected chi connectivity index (χ0v) is 12.3. The van der Waals surface area contributed by atoms with E-state index in [1.54, 1.807) is 0 Å². The Morgan fingerprint density at radius 2 is 2.14 bits per heavy atom.